The Morgan fingerprint density at radius 3 is 0.952 bits per heavy atom. The van der Waals surface area contributed by atoms with Gasteiger partial charge in [-0.3, -0.25) is 0 Å². The zero-order chi connectivity index (χ0) is 17.7. The minimum absolute atomic E-state index is 1.03. The number of nitrogens with zero attached hydrogens (tertiary/aromatic N) is 2. The lowest BCUT2D eigenvalue weighted by Gasteiger charge is -2.22. The van der Waals surface area contributed by atoms with Crippen molar-refractivity contribution in [3.63, 3.8) is 0 Å². The Bertz CT molecular complexity index is 250. The predicted molar refractivity (Wildman–Crippen MR) is 81.0 cm³/mol. The van der Waals surface area contributed by atoms with Gasteiger partial charge in [0.2, 0.25) is 0 Å². The minimum Gasteiger partial charge on any atom is -0.550 e. The maximum Gasteiger partial charge on any atom is 0.0777 e. The summed E-state index contributed by atoms with van der Waals surface area (Å²) in [6.45, 7) is 6.98. The molecule has 0 heterocycles. The molecular weight excluding hydrogens is 272 g/mol. The molecule has 0 fully saturated rings. The second kappa shape index (κ2) is 12.6. The van der Waals surface area contributed by atoms with E-state index in [0.717, 1.165) is 8.97 Å². The molecule has 6 nitrogen and oxygen atoms in total. The number of carbonyl (C=O) groups is 2. The maximum absolute atomic E-state index is 9.28. The summed E-state index contributed by atoms with van der Waals surface area (Å²) in [5.74, 6) is -3.25. The van der Waals surface area contributed by atoms with Crippen molar-refractivity contribution in [3.05, 3.63) is 0 Å². The lowest BCUT2D eigenvalue weighted by atomic mass is 10.4. The van der Waals surface area contributed by atoms with Crippen LogP contribution >= 0.6 is 0 Å². The average molecular weight is 306 g/mol. The fourth-order valence-electron chi connectivity index (χ4n) is 1.46. The quantitative estimate of drug-likeness (QED) is 0.470. The first-order valence-electron chi connectivity index (χ1n) is 7.25. The van der Waals surface area contributed by atoms with Gasteiger partial charge >= 0.3 is 0 Å². The summed E-state index contributed by atoms with van der Waals surface area (Å²) in [5, 5.41) is 18.6. The van der Waals surface area contributed by atoms with Gasteiger partial charge in [0.05, 0.1) is 55.4 Å². The van der Waals surface area contributed by atoms with Crippen molar-refractivity contribution in [2.75, 3.05) is 55.4 Å². The molecule has 0 saturated carbocycles. The fourth-order valence-corrected chi connectivity index (χ4v) is 1.46. The highest BCUT2D eigenvalue weighted by atomic mass is 16.4. The highest BCUT2D eigenvalue weighted by molar-refractivity contribution is 5.86. The monoisotopic (exact) mass is 306 g/mol. The van der Waals surface area contributed by atoms with E-state index in [1.165, 1.54) is 25.9 Å². The van der Waals surface area contributed by atoms with Gasteiger partial charge < -0.3 is 28.8 Å². The van der Waals surface area contributed by atoms with Crippen molar-refractivity contribution in [2.24, 2.45) is 0 Å². The predicted octanol–water partition coefficient (Wildman–Crippen LogP) is -0.918. The molecule has 0 atom stereocenters. The van der Waals surface area contributed by atoms with E-state index in [-0.39, 0.29) is 0 Å². The number of carbonyl (C=O) groups excluding carboxylic acids is 2. The van der Waals surface area contributed by atoms with E-state index in [1.54, 1.807) is 0 Å². The summed E-state index contributed by atoms with van der Waals surface area (Å²) in [4.78, 5) is 18.6. The van der Waals surface area contributed by atoms with Crippen molar-refractivity contribution in [2.45, 2.75) is 33.1 Å². The third kappa shape index (κ3) is 45.5. The summed E-state index contributed by atoms with van der Waals surface area (Å²) in [7, 11) is 13.3. The molecule has 0 aromatic rings. The molecule has 0 bridgehead atoms. The van der Waals surface area contributed by atoms with Gasteiger partial charge in [-0.05, 0) is 12.8 Å². The van der Waals surface area contributed by atoms with Gasteiger partial charge in [-0.25, -0.2) is 0 Å². The van der Waals surface area contributed by atoms with Crippen LogP contribution in [0.1, 0.15) is 33.1 Å². The van der Waals surface area contributed by atoms with Crippen LogP contribution in [0.5, 0.6) is 0 Å². The fraction of sp³-hybridized carbons (Fsp3) is 0.867. The number of carboxylic acid groups (broad SMARTS) is 2. The van der Waals surface area contributed by atoms with Crippen molar-refractivity contribution in [3.8, 4) is 0 Å². The van der Waals surface area contributed by atoms with E-state index in [0.29, 0.717) is 0 Å². The lowest BCUT2D eigenvalue weighted by molar-refractivity contribution is -0.870. The van der Waals surface area contributed by atoms with E-state index >= 15 is 0 Å². The summed E-state index contributed by atoms with van der Waals surface area (Å²) >= 11 is 0. The lowest BCUT2D eigenvalue weighted by Crippen LogP contribution is -2.34. The van der Waals surface area contributed by atoms with E-state index in [9.17, 15) is 19.8 Å². The highest BCUT2D eigenvalue weighted by Gasteiger charge is 2.01. The molecular formula is C15H34N2O4. The molecule has 0 spiro atoms. The van der Waals surface area contributed by atoms with Crippen molar-refractivity contribution >= 4 is 11.9 Å². The number of hydrogen-bond donors (Lipinski definition) is 0. The molecule has 0 aromatic carbocycles. The Hall–Kier alpha value is -1.14. The van der Waals surface area contributed by atoms with Gasteiger partial charge in [0, 0.05) is 18.4 Å². The van der Waals surface area contributed by atoms with Crippen LogP contribution in [-0.4, -0.2) is 76.3 Å². The molecule has 0 amide bonds. The smallest absolute Gasteiger partial charge is 0.0777 e. The van der Waals surface area contributed by atoms with Crippen LogP contribution in [-0.2, 0) is 9.59 Å². The molecule has 6 heteroatoms. The van der Waals surface area contributed by atoms with Crippen LogP contribution in [0.3, 0.4) is 0 Å². The Morgan fingerprint density at radius 1 is 0.714 bits per heavy atom. The number of quaternary nitrogens is 2. The Kier molecular flexibility index (Phi) is 14.9. The molecule has 0 rings (SSSR count). The highest BCUT2D eigenvalue weighted by Crippen LogP contribution is 1.90. The zero-order valence-corrected chi connectivity index (χ0v) is 15.1. The van der Waals surface area contributed by atoms with Gasteiger partial charge in [0.15, 0.2) is 0 Å². The Morgan fingerprint density at radius 2 is 0.952 bits per heavy atom. The van der Waals surface area contributed by atoms with Gasteiger partial charge in [0.1, 0.15) is 0 Å². The Labute approximate surface area is 130 Å². The molecule has 0 saturated heterocycles. The molecule has 0 aliphatic heterocycles. The van der Waals surface area contributed by atoms with Crippen molar-refractivity contribution < 1.29 is 28.8 Å². The van der Waals surface area contributed by atoms with E-state index in [2.05, 4.69) is 56.1 Å². The average Bonchev–Trinajstić information content (AvgIpc) is 2.12. The van der Waals surface area contributed by atoms with Crippen LogP contribution in [0.15, 0.2) is 0 Å². The van der Waals surface area contributed by atoms with Crippen LogP contribution in [0, 0.1) is 0 Å². The molecule has 0 N–H and O–H groups in total. The summed E-state index contributed by atoms with van der Waals surface area (Å²) in [5.41, 5.74) is 0. The van der Waals surface area contributed by atoms with Gasteiger partial charge in [-0.1, -0.05) is 13.8 Å². The van der Waals surface area contributed by atoms with E-state index < -0.39 is 18.4 Å². The second-order valence-electron chi connectivity index (χ2n) is 6.95. The standard InChI is InChI=1S/2C6H16N.C3H4O4/c2*1-5-6-7(2,3)4;4-2(5)1-3(6)7/h2*5-6H2,1-4H3;1H2,(H,4,5)(H,6,7)/q2*+1;/p-2. The van der Waals surface area contributed by atoms with Crippen molar-refractivity contribution in [1.82, 2.24) is 0 Å². The molecule has 0 radical (unpaired) electrons. The first kappa shape index (κ1) is 24.9. The topological polar surface area (TPSA) is 80.3 Å². The maximum atomic E-state index is 9.28. The number of aliphatic carboxylic acids is 2. The Balaban J connectivity index is -0.000000231. The van der Waals surface area contributed by atoms with Gasteiger partial charge in [-0.2, -0.15) is 0 Å². The zero-order valence-electron chi connectivity index (χ0n) is 15.1. The third-order valence-electron chi connectivity index (χ3n) is 2.08. The number of hydrogen-bond acceptors (Lipinski definition) is 4. The second-order valence-corrected chi connectivity index (χ2v) is 6.95. The molecule has 21 heavy (non-hydrogen) atoms. The van der Waals surface area contributed by atoms with Crippen LogP contribution in [0.2, 0.25) is 0 Å². The van der Waals surface area contributed by atoms with E-state index in [1.807, 2.05) is 0 Å². The summed E-state index contributed by atoms with van der Waals surface area (Å²) in [6, 6.07) is 0. The minimum atomic E-state index is -1.63. The van der Waals surface area contributed by atoms with Crippen LogP contribution in [0.25, 0.3) is 0 Å². The van der Waals surface area contributed by atoms with Crippen LogP contribution < -0.4 is 10.2 Å². The first-order valence-corrected chi connectivity index (χ1v) is 7.25. The number of rotatable bonds is 6. The normalized spacial score (nSPS) is 10.7. The van der Waals surface area contributed by atoms with E-state index in [4.69, 9.17) is 0 Å². The van der Waals surface area contributed by atoms with Crippen molar-refractivity contribution in [1.29, 1.82) is 0 Å². The van der Waals surface area contributed by atoms with Crippen LogP contribution in [0.4, 0.5) is 0 Å². The molecule has 0 aliphatic rings. The summed E-state index contributed by atoms with van der Waals surface area (Å²) < 4.78 is 2.19. The first-order chi connectivity index (χ1) is 9.25. The third-order valence-corrected chi connectivity index (χ3v) is 2.08. The molecule has 128 valence electrons. The molecule has 0 unspecified atom stereocenters. The summed E-state index contributed by atoms with van der Waals surface area (Å²) in [6.07, 6.45) is 1.53. The number of carboxylic acids is 2. The van der Waals surface area contributed by atoms with Gasteiger partial charge in [0.25, 0.3) is 0 Å². The largest absolute Gasteiger partial charge is 0.550 e. The molecule has 0 aliphatic carbocycles. The van der Waals surface area contributed by atoms with Gasteiger partial charge in [-0.15, -0.1) is 0 Å². The molecule has 0 aromatic heterocycles. The SMILES string of the molecule is CCC[N+](C)(C)C.CCC[N+](C)(C)C.O=C([O-])CC(=O)[O-].